The highest BCUT2D eigenvalue weighted by Gasteiger charge is 2.27. The van der Waals surface area contributed by atoms with E-state index in [1.807, 2.05) is 4.90 Å². The third kappa shape index (κ3) is 3.22. The molecule has 0 aromatic carbocycles. The first kappa shape index (κ1) is 17.1. The van der Waals surface area contributed by atoms with Gasteiger partial charge in [-0.2, -0.15) is 10.2 Å². The van der Waals surface area contributed by atoms with Crippen LogP contribution in [0.5, 0.6) is 0 Å². The van der Waals surface area contributed by atoms with Crippen LogP contribution in [0.1, 0.15) is 16.1 Å². The van der Waals surface area contributed by atoms with Crippen LogP contribution < -0.4 is 4.90 Å². The Bertz CT molecular complexity index is 1060. The molecule has 0 aliphatic carbocycles. The van der Waals surface area contributed by atoms with Crippen molar-refractivity contribution in [2.75, 3.05) is 31.1 Å². The number of hydrogen-bond acceptors (Lipinski definition) is 7. The topological polar surface area (TPSA) is 102 Å². The van der Waals surface area contributed by atoms with Crippen molar-refractivity contribution in [2.45, 2.75) is 0 Å². The molecule has 1 saturated heterocycles. The Labute approximate surface area is 159 Å². The molecule has 27 heavy (non-hydrogen) atoms. The lowest BCUT2D eigenvalue weighted by atomic mass is 10.2. The molecule has 136 valence electrons. The maximum atomic E-state index is 12.7. The van der Waals surface area contributed by atoms with Crippen molar-refractivity contribution in [3.05, 3.63) is 52.6 Å². The Morgan fingerprint density at radius 3 is 2.74 bits per heavy atom. The van der Waals surface area contributed by atoms with Crippen molar-refractivity contribution in [1.29, 1.82) is 5.26 Å². The average molecular weight is 381 g/mol. The summed E-state index contributed by atoms with van der Waals surface area (Å²) >= 11 is 5.19. The molecule has 4 heterocycles. The monoisotopic (exact) mass is 381 g/mol. The normalized spacial score (nSPS) is 14.2. The van der Waals surface area contributed by atoms with E-state index in [2.05, 4.69) is 16.0 Å². The number of carbonyl (C=O) groups excluding carboxylic acids is 1. The molecule has 8 nitrogen and oxygen atoms in total. The molecular formula is C18H15N5O3S. The first-order valence-corrected chi connectivity index (χ1v) is 8.75. The minimum absolute atomic E-state index is 0.106. The van der Waals surface area contributed by atoms with Crippen LogP contribution in [-0.4, -0.2) is 47.0 Å². The van der Waals surface area contributed by atoms with Gasteiger partial charge in [-0.25, -0.2) is 0 Å². The first-order valence-electron chi connectivity index (χ1n) is 8.34. The van der Waals surface area contributed by atoms with Gasteiger partial charge in [0.2, 0.25) is 11.6 Å². The lowest BCUT2D eigenvalue weighted by Gasteiger charge is -2.34. The minimum atomic E-state index is -0.106. The number of nitrogens with one attached hydrogen (secondary N) is 1. The van der Waals surface area contributed by atoms with E-state index in [1.54, 1.807) is 35.4 Å². The van der Waals surface area contributed by atoms with Crippen LogP contribution in [-0.2, 0) is 0 Å². The van der Waals surface area contributed by atoms with Crippen molar-refractivity contribution < 1.29 is 13.6 Å². The Morgan fingerprint density at radius 1 is 1.26 bits per heavy atom. The van der Waals surface area contributed by atoms with Gasteiger partial charge in [0.05, 0.1) is 11.8 Å². The molecule has 1 aliphatic heterocycles. The zero-order valence-corrected chi connectivity index (χ0v) is 15.0. The minimum Gasteiger partial charge on any atom is -0.459 e. The van der Waals surface area contributed by atoms with Gasteiger partial charge >= 0.3 is 0 Å². The van der Waals surface area contributed by atoms with E-state index in [1.165, 1.54) is 6.26 Å². The number of H-pyrrole nitrogens is 1. The largest absolute Gasteiger partial charge is 0.459 e. The number of aromatic nitrogens is 2. The van der Waals surface area contributed by atoms with Crippen LogP contribution >= 0.6 is 12.2 Å². The second-order valence-corrected chi connectivity index (χ2v) is 6.36. The molecule has 3 aromatic heterocycles. The maximum Gasteiger partial charge on any atom is 0.266 e. The third-order valence-corrected chi connectivity index (χ3v) is 4.69. The van der Waals surface area contributed by atoms with E-state index >= 15 is 0 Å². The van der Waals surface area contributed by atoms with E-state index in [0.29, 0.717) is 48.0 Å². The van der Waals surface area contributed by atoms with Gasteiger partial charge in [-0.05, 0) is 24.3 Å². The van der Waals surface area contributed by atoms with Crippen molar-refractivity contribution >= 4 is 24.0 Å². The van der Waals surface area contributed by atoms with Crippen molar-refractivity contribution in [3.8, 4) is 17.7 Å². The Kier molecular flexibility index (Phi) is 4.48. The summed E-state index contributed by atoms with van der Waals surface area (Å²) in [4.78, 5) is 23.4. The summed E-state index contributed by atoms with van der Waals surface area (Å²) in [7, 11) is 0. The van der Waals surface area contributed by atoms with Crippen LogP contribution in [0.4, 0.5) is 5.88 Å². The molecule has 3 aromatic rings. The number of pyridine rings is 1. The van der Waals surface area contributed by atoms with Crippen LogP contribution in [0, 0.1) is 16.0 Å². The molecular weight excluding hydrogens is 366 g/mol. The van der Waals surface area contributed by atoms with Gasteiger partial charge in [0.15, 0.2) is 5.76 Å². The maximum absolute atomic E-state index is 12.7. The highest BCUT2D eigenvalue weighted by atomic mass is 32.1. The summed E-state index contributed by atoms with van der Waals surface area (Å²) in [6, 6.07) is 8.97. The van der Waals surface area contributed by atoms with Crippen molar-refractivity contribution in [2.24, 2.45) is 0 Å². The van der Waals surface area contributed by atoms with Crippen molar-refractivity contribution in [1.82, 2.24) is 14.9 Å². The fourth-order valence-corrected chi connectivity index (χ4v) is 3.20. The zero-order valence-electron chi connectivity index (χ0n) is 14.2. The van der Waals surface area contributed by atoms with Crippen LogP contribution in [0.25, 0.3) is 11.7 Å². The van der Waals surface area contributed by atoms with Crippen molar-refractivity contribution in [3.63, 3.8) is 0 Å². The number of hydrogen-bond donors (Lipinski definition) is 1. The molecule has 9 heteroatoms. The molecule has 0 saturated carbocycles. The second kappa shape index (κ2) is 7.09. The molecule has 1 aliphatic rings. The molecule has 0 atom stereocenters. The Balaban J connectivity index is 1.50. The number of carbonyl (C=O) groups is 1. The van der Waals surface area contributed by atoms with E-state index in [9.17, 15) is 10.1 Å². The Morgan fingerprint density at radius 2 is 2.07 bits per heavy atom. The van der Waals surface area contributed by atoms with Gasteiger partial charge in [-0.1, -0.05) is 12.2 Å². The average Bonchev–Trinajstić information content (AvgIpc) is 3.37. The molecule has 0 radical (unpaired) electrons. The van der Waals surface area contributed by atoms with Gasteiger partial charge in [0, 0.05) is 32.4 Å². The molecule has 1 N–H and O–H groups in total. The second-order valence-electron chi connectivity index (χ2n) is 5.95. The van der Waals surface area contributed by atoms with Gasteiger partial charge in [0.1, 0.15) is 10.7 Å². The van der Waals surface area contributed by atoms with E-state index in [0.717, 1.165) is 0 Å². The number of furan rings is 1. The number of amides is 1. The molecule has 4 rings (SSSR count). The summed E-state index contributed by atoms with van der Waals surface area (Å²) in [6.45, 7) is 2.03. The summed E-state index contributed by atoms with van der Waals surface area (Å²) in [6.07, 6.45) is 3.21. The fraction of sp³-hybridized carbons (Fsp3) is 0.222. The summed E-state index contributed by atoms with van der Waals surface area (Å²) in [5.41, 5.74) is 0.685. The van der Waals surface area contributed by atoms with E-state index < -0.39 is 0 Å². The highest BCUT2D eigenvalue weighted by molar-refractivity contribution is 7.71. The van der Waals surface area contributed by atoms with Gasteiger partial charge in [-0.3, -0.25) is 4.79 Å². The van der Waals surface area contributed by atoms with Crippen LogP contribution in [0.15, 0.2) is 45.6 Å². The Hall–Kier alpha value is -3.38. The first-order chi connectivity index (χ1) is 13.2. The lowest BCUT2D eigenvalue weighted by Crippen LogP contribution is -2.49. The van der Waals surface area contributed by atoms with Gasteiger partial charge in [-0.15, -0.1) is 0 Å². The lowest BCUT2D eigenvalue weighted by molar-refractivity contribution is 0.0744. The van der Waals surface area contributed by atoms with E-state index in [-0.39, 0.29) is 17.5 Å². The van der Waals surface area contributed by atoms with Gasteiger partial charge in [0.25, 0.3) is 11.8 Å². The highest BCUT2D eigenvalue weighted by Crippen LogP contribution is 2.29. The number of aromatic amines is 1. The molecule has 0 bridgehead atoms. The molecule has 1 amide bonds. The van der Waals surface area contributed by atoms with Gasteiger partial charge < -0.3 is 23.6 Å². The smallest absolute Gasteiger partial charge is 0.266 e. The predicted octanol–water partition coefficient (Wildman–Crippen LogP) is 2.83. The van der Waals surface area contributed by atoms with E-state index in [4.69, 9.17) is 21.1 Å². The number of piperazine rings is 1. The fourth-order valence-electron chi connectivity index (χ4n) is 2.98. The molecule has 0 unspecified atom stereocenters. The summed E-state index contributed by atoms with van der Waals surface area (Å²) in [5.74, 6) is 1.02. The number of oxazole rings is 1. The zero-order chi connectivity index (χ0) is 18.8. The number of nitrogens with zero attached hydrogens (tertiary/aromatic N) is 4. The molecule has 0 spiro atoms. The molecule has 1 fully saturated rings. The quantitative estimate of drug-likeness (QED) is 0.696. The summed E-state index contributed by atoms with van der Waals surface area (Å²) in [5, 5.41) is 9.37. The standard InChI is InChI=1S/C18H15N5O3S/c19-11-13-18(26-15(21-13)14-4-2-10-25-14)23-8-6-22(7-9-23)17(24)12-3-1-5-20-16(12)27/h1-5,10H,6-9H2,(H,20,27). The third-order valence-electron chi connectivity index (χ3n) is 4.35. The SMILES string of the molecule is N#Cc1nc(-c2ccco2)oc1N1CCN(C(=O)c2ccc[nH]c2=S)CC1. The predicted molar refractivity (Wildman–Crippen MR) is 98.7 cm³/mol. The number of anilines is 1. The number of rotatable bonds is 3. The van der Waals surface area contributed by atoms with Crippen LogP contribution in [0.2, 0.25) is 0 Å². The van der Waals surface area contributed by atoms with Crippen LogP contribution in [0.3, 0.4) is 0 Å². The number of nitriles is 1. The summed E-state index contributed by atoms with van der Waals surface area (Å²) < 4.78 is 11.5.